The maximum atomic E-state index is 13.6. The molecule has 0 saturated heterocycles. The molecule has 1 N–H and O–H groups in total. The number of aryl methyl sites for hydroxylation is 1. The molecule has 1 aliphatic heterocycles. The molecule has 5 nitrogen and oxygen atoms in total. The van der Waals surface area contributed by atoms with Crippen molar-refractivity contribution < 1.29 is 14.1 Å². The van der Waals surface area contributed by atoms with Gasteiger partial charge in [-0.1, -0.05) is 47.1 Å². The van der Waals surface area contributed by atoms with Gasteiger partial charge in [0, 0.05) is 28.3 Å². The van der Waals surface area contributed by atoms with Crippen molar-refractivity contribution in [3.63, 3.8) is 0 Å². The number of fused-ring (bicyclic) bond motifs is 1. The van der Waals surface area contributed by atoms with E-state index in [1.54, 1.807) is 0 Å². The number of nitrogens with zero attached hydrogens (tertiary/aromatic N) is 1. The first kappa shape index (κ1) is 19.9. The quantitative estimate of drug-likeness (QED) is 0.546. The Morgan fingerprint density at radius 3 is 2.71 bits per heavy atom. The second-order valence-electron chi connectivity index (χ2n) is 8.01. The molecule has 31 heavy (non-hydrogen) atoms. The monoisotopic (exact) mass is 434 g/mol. The second-order valence-corrected chi connectivity index (χ2v) is 8.45. The van der Waals surface area contributed by atoms with E-state index in [9.17, 15) is 4.79 Å². The zero-order valence-electron chi connectivity index (χ0n) is 17.4. The topological polar surface area (TPSA) is 64.4 Å². The van der Waals surface area contributed by atoms with Crippen LogP contribution in [0.1, 0.15) is 54.0 Å². The molecule has 1 aliphatic carbocycles. The SMILES string of the molecule is CCOc1ccccc1C1C2=C(CC(c3ccc(Cl)cc3)CC2=O)Nc2onc(C)c21. The molecular weight excluding hydrogens is 412 g/mol. The number of halogens is 1. The van der Waals surface area contributed by atoms with Crippen molar-refractivity contribution in [2.45, 2.75) is 38.5 Å². The minimum atomic E-state index is -0.265. The predicted octanol–water partition coefficient (Wildman–Crippen LogP) is 5.99. The lowest BCUT2D eigenvalue weighted by atomic mass is 9.72. The molecule has 2 unspecified atom stereocenters. The number of ether oxygens (including phenoxy) is 1. The van der Waals surface area contributed by atoms with Crippen LogP contribution >= 0.6 is 11.6 Å². The Kier molecular flexibility index (Phi) is 5.06. The van der Waals surface area contributed by atoms with Crippen molar-refractivity contribution in [1.29, 1.82) is 0 Å². The number of hydrogen-bond acceptors (Lipinski definition) is 5. The summed E-state index contributed by atoms with van der Waals surface area (Å²) in [5, 5.41) is 8.25. The molecule has 158 valence electrons. The van der Waals surface area contributed by atoms with Crippen molar-refractivity contribution in [3.05, 3.63) is 87.2 Å². The highest BCUT2D eigenvalue weighted by molar-refractivity contribution is 6.30. The molecular formula is C25H23ClN2O3. The van der Waals surface area contributed by atoms with Crippen LogP contribution in [-0.4, -0.2) is 17.5 Å². The smallest absolute Gasteiger partial charge is 0.233 e. The number of carbonyl (C=O) groups excluding carboxylic acids is 1. The van der Waals surface area contributed by atoms with Gasteiger partial charge in [0.05, 0.1) is 23.8 Å². The molecule has 0 radical (unpaired) electrons. The van der Waals surface area contributed by atoms with Crippen LogP contribution in [0.15, 0.2) is 64.3 Å². The van der Waals surface area contributed by atoms with E-state index in [4.69, 9.17) is 20.9 Å². The summed E-state index contributed by atoms with van der Waals surface area (Å²) < 4.78 is 11.5. The van der Waals surface area contributed by atoms with Crippen LogP contribution in [0, 0.1) is 6.92 Å². The molecule has 3 aromatic rings. The van der Waals surface area contributed by atoms with Gasteiger partial charge in [0.1, 0.15) is 5.75 Å². The fourth-order valence-corrected chi connectivity index (χ4v) is 4.89. The van der Waals surface area contributed by atoms with Gasteiger partial charge in [-0.25, -0.2) is 0 Å². The third kappa shape index (κ3) is 3.43. The first-order valence-corrected chi connectivity index (χ1v) is 10.9. The van der Waals surface area contributed by atoms with E-state index in [1.165, 1.54) is 0 Å². The Labute approximate surface area is 186 Å². The van der Waals surface area contributed by atoms with Gasteiger partial charge >= 0.3 is 0 Å². The van der Waals surface area contributed by atoms with Crippen molar-refractivity contribution in [3.8, 4) is 5.75 Å². The van der Waals surface area contributed by atoms with E-state index in [-0.39, 0.29) is 17.6 Å². The van der Waals surface area contributed by atoms with E-state index in [0.717, 1.165) is 45.8 Å². The Morgan fingerprint density at radius 1 is 1.16 bits per heavy atom. The standard InChI is InChI=1S/C25H23ClN2O3/c1-3-30-21-7-5-4-6-18(21)23-22-14(2)28-31-25(22)27-19-12-16(13-20(29)24(19)23)15-8-10-17(26)11-9-15/h4-11,16,23,27H,3,12-13H2,1-2H3. The van der Waals surface area contributed by atoms with Crippen molar-refractivity contribution in [1.82, 2.24) is 5.16 Å². The van der Waals surface area contributed by atoms with Crippen molar-refractivity contribution in [2.24, 2.45) is 0 Å². The molecule has 0 amide bonds. The average Bonchev–Trinajstić information content (AvgIpc) is 3.14. The summed E-state index contributed by atoms with van der Waals surface area (Å²) >= 11 is 6.06. The van der Waals surface area contributed by atoms with Crippen molar-refractivity contribution >= 4 is 23.3 Å². The third-order valence-electron chi connectivity index (χ3n) is 6.13. The number of Topliss-reactive ketones (excluding diaryl/α,β-unsaturated/α-hetero) is 1. The maximum absolute atomic E-state index is 13.6. The van der Waals surface area contributed by atoms with Crippen LogP contribution in [0.2, 0.25) is 5.02 Å². The molecule has 2 heterocycles. The zero-order valence-corrected chi connectivity index (χ0v) is 18.2. The summed E-state index contributed by atoms with van der Waals surface area (Å²) in [6.45, 7) is 4.42. The molecule has 2 atom stereocenters. The predicted molar refractivity (Wildman–Crippen MR) is 120 cm³/mol. The van der Waals surface area contributed by atoms with Crippen LogP contribution in [-0.2, 0) is 4.79 Å². The van der Waals surface area contributed by atoms with Gasteiger partial charge in [-0.3, -0.25) is 4.79 Å². The van der Waals surface area contributed by atoms with E-state index in [0.29, 0.717) is 23.9 Å². The average molecular weight is 435 g/mol. The Morgan fingerprint density at radius 2 is 1.94 bits per heavy atom. The van der Waals surface area contributed by atoms with Gasteiger partial charge in [0.2, 0.25) is 5.88 Å². The normalized spacial score (nSPS) is 20.2. The second kappa shape index (κ2) is 7.89. The summed E-state index contributed by atoms with van der Waals surface area (Å²) in [6, 6.07) is 15.7. The largest absolute Gasteiger partial charge is 0.494 e. The molecule has 0 saturated carbocycles. The molecule has 0 spiro atoms. The molecule has 2 aromatic carbocycles. The van der Waals surface area contributed by atoms with Gasteiger partial charge in [-0.15, -0.1) is 0 Å². The number of rotatable bonds is 4. The van der Waals surface area contributed by atoms with E-state index in [2.05, 4.69) is 10.5 Å². The number of carbonyl (C=O) groups is 1. The number of allylic oxidation sites excluding steroid dienone is 2. The lowest BCUT2D eigenvalue weighted by Gasteiger charge is -2.35. The van der Waals surface area contributed by atoms with Gasteiger partial charge in [0.15, 0.2) is 5.78 Å². The van der Waals surface area contributed by atoms with Gasteiger partial charge in [-0.05, 0) is 49.9 Å². The number of ketones is 1. The Balaban J connectivity index is 1.63. The number of nitrogens with one attached hydrogen (secondary N) is 1. The third-order valence-corrected chi connectivity index (χ3v) is 6.38. The highest BCUT2D eigenvalue weighted by atomic mass is 35.5. The van der Waals surface area contributed by atoms with Gasteiger partial charge in [-0.2, -0.15) is 0 Å². The fraction of sp³-hybridized carbons (Fsp3) is 0.280. The minimum absolute atomic E-state index is 0.0874. The number of anilines is 1. The molecule has 0 bridgehead atoms. The zero-order chi connectivity index (χ0) is 21.5. The summed E-state index contributed by atoms with van der Waals surface area (Å²) in [4.78, 5) is 13.6. The summed E-state index contributed by atoms with van der Waals surface area (Å²) in [5.41, 5.74) is 5.44. The van der Waals surface area contributed by atoms with Crippen LogP contribution in [0.5, 0.6) is 5.75 Å². The minimum Gasteiger partial charge on any atom is -0.494 e. The van der Waals surface area contributed by atoms with E-state index in [1.807, 2.05) is 62.4 Å². The first-order chi connectivity index (χ1) is 15.1. The molecule has 0 fully saturated rings. The maximum Gasteiger partial charge on any atom is 0.233 e. The lowest BCUT2D eigenvalue weighted by Crippen LogP contribution is -2.29. The Bertz CT molecular complexity index is 1180. The van der Waals surface area contributed by atoms with E-state index < -0.39 is 0 Å². The first-order valence-electron chi connectivity index (χ1n) is 10.5. The fourth-order valence-electron chi connectivity index (χ4n) is 4.76. The molecule has 1 aromatic heterocycles. The Hall–Kier alpha value is -3.05. The number of para-hydroxylation sites is 1. The number of hydrogen-bond donors (Lipinski definition) is 1. The van der Waals surface area contributed by atoms with Crippen LogP contribution < -0.4 is 10.1 Å². The molecule has 5 rings (SSSR count). The van der Waals surface area contributed by atoms with Crippen LogP contribution in [0.4, 0.5) is 5.88 Å². The molecule has 6 heteroatoms. The van der Waals surface area contributed by atoms with Crippen LogP contribution in [0.25, 0.3) is 0 Å². The van der Waals surface area contributed by atoms with Crippen LogP contribution in [0.3, 0.4) is 0 Å². The number of benzene rings is 2. The highest BCUT2D eigenvalue weighted by Gasteiger charge is 2.42. The summed E-state index contributed by atoms with van der Waals surface area (Å²) in [7, 11) is 0. The van der Waals surface area contributed by atoms with E-state index >= 15 is 0 Å². The van der Waals surface area contributed by atoms with Crippen molar-refractivity contribution in [2.75, 3.05) is 11.9 Å². The lowest BCUT2D eigenvalue weighted by molar-refractivity contribution is -0.116. The van der Waals surface area contributed by atoms with Gasteiger partial charge in [0.25, 0.3) is 0 Å². The summed E-state index contributed by atoms with van der Waals surface area (Å²) in [6.07, 6.45) is 1.17. The number of aromatic nitrogens is 1. The highest BCUT2D eigenvalue weighted by Crippen LogP contribution is 2.50. The summed E-state index contributed by atoms with van der Waals surface area (Å²) in [5.74, 6) is 1.35. The van der Waals surface area contributed by atoms with Gasteiger partial charge < -0.3 is 14.6 Å². The molecule has 2 aliphatic rings.